The van der Waals surface area contributed by atoms with Crippen molar-refractivity contribution >= 4 is 17.7 Å². The summed E-state index contributed by atoms with van der Waals surface area (Å²) >= 11 is 0. The van der Waals surface area contributed by atoms with Crippen molar-refractivity contribution in [3.8, 4) is 5.75 Å². The number of hydrogen-bond donors (Lipinski definition) is 3. The molecular weight excluding hydrogens is 440 g/mol. The molecule has 0 heterocycles. The fourth-order valence-electron chi connectivity index (χ4n) is 3.62. The van der Waals surface area contributed by atoms with E-state index in [-0.39, 0.29) is 18.2 Å². The maximum atomic E-state index is 13.3. The highest BCUT2D eigenvalue weighted by atomic mass is 16.6. The van der Waals surface area contributed by atoms with E-state index in [2.05, 4.69) is 16.0 Å². The molecule has 10 nitrogen and oxygen atoms in total. The molecule has 1 rings (SSSR count). The predicted molar refractivity (Wildman–Crippen MR) is 129 cm³/mol. The molecule has 3 atom stereocenters. The van der Waals surface area contributed by atoms with Crippen LogP contribution in [0.2, 0.25) is 0 Å². The molecule has 0 saturated heterocycles. The third-order valence-electron chi connectivity index (χ3n) is 5.36. The van der Waals surface area contributed by atoms with Gasteiger partial charge in [0.25, 0.3) is 0 Å². The van der Waals surface area contributed by atoms with Crippen LogP contribution in [0.3, 0.4) is 0 Å². The van der Waals surface area contributed by atoms with Gasteiger partial charge in [-0.1, -0.05) is 46.8 Å². The summed E-state index contributed by atoms with van der Waals surface area (Å²) in [5.74, 6) is -1.65. The summed E-state index contributed by atoms with van der Waals surface area (Å²) in [5.41, 5.74) is 0.0764. The monoisotopic (exact) mass is 478 g/mol. The molecule has 0 aliphatic heterocycles. The molecule has 0 radical (unpaired) electrons. The second-order valence-electron chi connectivity index (χ2n) is 9.88. The van der Waals surface area contributed by atoms with Gasteiger partial charge < -0.3 is 20.7 Å². The molecule has 3 amide bonds. The number of ether oxygens (including phenoxy) is 1. The standard InChI is InChI=1S/C24H38N4O6/c1-15(2)11-17(14-28(32)33)21(29)27-20(24(3,4)5)23(31)26-19(22(30)25-6)13-16-9-8-10-18(12-16)34-7/h8-10,12,15,17,19-20H,11,13-14H2,1-7H3,(H,25,30)(H,26,31)(H,27,29)/t17-,19+,20-/m1/s1. The van der Waals surface area contributed by atoms with Gasteiger partial charge in [-0.3, -0.25) is 24.5 Å². The molecule has 3 N–H and O–H groups in total. The largest absolute Gasteiger partial charge is 0.497 e. The van der Waals surface area contributed by atoms with Crippen LogP contribution >= 0.6 is 0 Å². The van der Waals surface area contributed by atoms with Crippen molar-refractivity contribution in [1.82, 2.24) is 16.0 Å². The van der Waals surface area contributed by atoms with Crippen LogP contribution in [0.25, 0.3) is 0 Å². The second kappa shape index (κ2) is 12.9. The van der Waals surface area contributed by atoms with Gasteiger partial charge in [0.1, 0.15) is 23.8 Å². The van der Waals surface area contributed by atoms with E-state index in [1.807, 2.05) is 19.9 Å². The molecule has 0 bridgehead atoms. The summed E-state index contributed by atoms with van der Waals surface area (Å²) in [6.07, 6.45) is 0.534. The topological polar surface area (TPSA) is 140 Å². The molecule has 0 unspecified atom stereocenters. The SMILES string of the molecule is CNC(=O)[C@H](Cc1cccc(OC)c1)NC(=O)[C@@H](NC(=O)[C@H](CC(C)C)C[N+](=O)[O-])C(C)(C)C. The van der Waals surface area contributed by atoms with Crippen LogP contribution in [0.1, 0.15) is 46.6 Å². The van der Waals surface area contributed by atoms with Gasteiger partial charge in [0.05, 0.1) is 7.11 Å². The number of amides is 3. The number of nitrogens with zero attached hydrogens (tertiary/aromatic N) is 1. The third-order valence-corrected chi connectivity index (χ3v) is 5.36. The fraction of sp³-hybridized carbons (Fsp3) is 0.625. The van der Waals surface area contributed by atoms with E-state index in [1.54, 1.807) is 46.1 Å². The summed E-state index contributed by atoms with van der Waals surface area (Å²) in [4.78, 5) is 49.3. The van der Waals surface area contributed by atoms with E-state index in [4.69, 9.17) is 4.74 Å². The minimum absolute atomic E-state index is 0.0677. The highest BCUT2D eigenvalue weighted by molar-refractivity contribution is 5.93. The minimum atomic E-state index is -1.00. The zero-order chi connectivity index (χ0) is 26.1. The Bertz CT molecular complexity index is 865. The Hall–Kier alpha value is -3.17. The quantitative estimate of drug-likeness (QED) is 0.310. The normalized spacial score (nSPS) is 14.0. The first-order valence-corrected chi connectivity index (χ1v) is 11.4. The summed E-state index contributed by atoms with van der Waals surface area (Å²) in [6, 6.07) is 5.27. The molecule has 1 aromatic rings. The number of carbonyl (C=O) groups excluding carboxylic acids is 3. The smallest absolute Gasteiger partial charge is 0.243 e. The maximum absolute atomic E-state index is 13.3. The van der Waals surface area contributed by atoms with Crippen molar-refractivity contribution < 1.29 is 24.0 Å². The van der Waals surface area contributed by atoms with Crippen molar-refractivity contribution in [3.63, 3.8) is 0 Å². The van der Waals surface area contributed by atoms with Crippen LogP contribution in [-0.4, -0.2) is 55.4 Å². The summed E-state index contributed by atoms with van der Waals surface area (Å²) in [5, 5.41) is 19.1. The molecule has 0 fully saturated rings. The summed E-state index contributed by atoms with van der Waals surface area (Å²) in [7, 11) is 3.02. The van der Waals surface area contributed by atoms with Crippen molar-refractivity contribution in [2.75, 3.05) is 20.7 Å². The summed E-state index contributed by atoms with van der Waals surface area (Å²) in [6.45, 7) is 8.57. The lowest BCUT2D eigenvalue weighted by molar-refractivity contribution is -0.486. The first kappa shape index (κ1) is 28.9. The number of carbonyl (C=O) groups is 3. The zero-order valence-electron chi connectivity index (χ0n) is 21.1. The molecule has 0 saturated carbocycles. The Kier molecular flexibility index (Phi) is 11.0. The van der Waals surface area contributed by atoms with Crippen molar-refractivity contribution in [3.05, 3.63) is 39.9 Å². The number of likely N-dealkylation sites (N-methyl/N-ethyl adjacent to an activating group) is 1. The molecule has 1 aromatic carbocycles. The van der Waals surface area contributed by atoms with Crippen molar-refractivity contribution in [2.24, 2.45) is 17.3 Å². The van der Waals surface area contributed by atoms with E-state index in [0.717, 1.165) is 5.56 Å². The van der Waals surface area contributed by atoms with Gasteiger partial charge in [-0.05, 0) is 35.4 Å². The zero-order valence-corrected chi connectivity index (χ0v) is 21.1. The maximum Gasteiger partial charge on any atom is 0.243 e. The first-order valence-electron chi connectivity index (χ1n) is 11.4. The number of nitrogens with one attached hydrogen (secondary N) is 3. The van der Waals surface area contributed by atoms with Crippen LogP contribution < -0.4 is 20.7 Å². The van der Waals surface area contributed by atoms with E-state index in [9.17, 15) is 24.5 Å². The van der Waals surface area contributed by atoms with Gasteiger partial charge in [-0.2, -0.15) is 0 Å². The number of nitro groups is 1. The van der Waals surface area contributed by atoms with Crippen molar-refractivity contribution in [2.45, 2.75) is 59.5 Å². The average Bonchev–Trinajstić information content (AvgIpc) is 2.74. The number of rotatable bonds is 12. The lowest BCUT2D eigenvalue weighted by Gasteiger charge is -2.32. The third kappa shape index (κ3) is 9.36. The lowest BCUT2D eigenvalue weighted by atomic mass is 9.85. The highest BCUT2D eigenvalue weighted by Crippen LogP contribution is 2.22. The van der Waals surface area contributed by atoms with E-state index in [0.29, 0.717) is 12.2 Å². The predicted octanol–water partition coefficient (Wildman–Crippen LogP) is 1.94. The molecule has 0 aromatic heterocycles. The molecule has 0 aliphatic carbocycles. The Morgan fingerprint density at radius 1 is 1.09 bits per heavy atom. The van der Waals surface area contributed by atoms with Gasteiger partial charge in [0.2, 0.25) is 24.3 Å². The second-order valence-corrected chi connectivity index (χ2v) is 9.88. The van der Waals surface area contributed by atoms with Crippen LogP contribution in [0.5, 0.6) is 5.75 Å². The van der Waals surface area contributed by atoms with Crippen LogP contribution in [0.4, 0.5) is 0 Å². The van der Waals surface area contributed by atoms with Crippen LogP contribution in [-0.2, 0) is 20.8 Å². The van der Waals surface area contributed by atoms with E-state index >= 15 is 0 Å². The van der Waals surface area contributed by atoms with Gasteiger partial charge in [0, 0.05) is 18.4 Å². The first-order chi connectivity index (χ1) is 15.8. The van der Waals surface area contributed by atoms with Gasteiger partial charge >= 0.3 is 0 Å². The lowest BCUT2D eigenvalue weighted by Crippen LogP contribution is -2.59. The number of benzene rings is 1. The molecule has 34 heavy (non-hydrogen) atoms. The minimum Gasteiger partial charge on any atom is -0.497 e. The summed E-state index contributed by atoms with van der Waals surface area (Å²) < 4.78 is 5.22. The van der Waals surface area contributed by atoms with Crippen molar-refractivity contribution in [1.29, 1.82) is 0 Å². The molecule has 0 aliphatic rings. The van der Waals surface area contributed by atoms with Crippen LogP contribution in [0.15, 0.2) is 24.3 Å². The van der Waals surface area contributed by atoms with Crippen LogP contribution in [0, 0.1) is 27.4 Å². The molecule has 0 spiro atoms. The number of hydrogen-bond acceptors (Lipinski definition) is 6. The van der Waals surface area contributed by atoms with E-state index < -0.39 is 46.7 Å². The Balaban J connectivity index is 3.11. The van der Waals surface area contributed by atoms with E-state index in [1.165, 1.54) is 7.05 Å². The van der Waals surface area contributed by atoms with Gasteiger partial charge in [0.15, 0.2) is 0 Å². The Morgan fingerprint density at radius 3 is 2.24 bits per heavy atom. The Morgan fingerprint density at radius 2 is 1.74 bits per heavy atom. The number of methoxy groups -OCH3 is 1. The highest BCUT2D eigenvalue weighted by Gasteiger charge is 2.37. The van der Waals surface area contributed by atoms with Gasteiger partial charge in [-0.15, -0.1) is 0 Å². The Labute approximate surface area is 201 Å². The molecule has 190 valence electrons. The van der Waals surface area contributed by atoms with Gasteiger partial charge in [-0.25, -0.2) is 0 Å². The average molecular weight is 479 g/mol. The fourth-order valence-corrected chi connectivity index (χ4v) is 3.62. The molecular formula is C24H38N4O6. The molecule has 10 heteroatoms.